The van der Waals surface area contributed by atoms with E-state index in [0.717, 1.165) is 0 Å². The van der Waals surface area contributed by atoms with Crippen LogP contribution < -0.4 is 9.64 Å². The molecule has 1 saturated heterocycles. The number of halogens is 2. The lowest BCUT2D eigenvalue weighted by Crippen LogP contribution is -2.49. The van der Waals surface area contributed by atoms with Crippen LogP contribution in [0.3, 0.4) is 0 Å². The molecule has 0 atom stereocenters. The van der Waals surface area contributed by atoms with Gasteiger partial charge in [0.1, 0.15) is 11.8 Å². The molecule has 2 aromatic carbocycles. The number of hydrogen-bond donors (Lipinski definition) is 0. The van der Waals surface area contributed by atoms with Crippen LogP contribution in [0.25, 0.3) is 0 Å². The molecule has 0 N–H and O–H groups in total. The van der Waals surface area contributed by atoms with E-state index in [0.29, 0.717) is 31.9 Å². The third kappa shape index (κ3) is 4.40. The lowest BCUT2D eigenvalue weighted by Gasteiger charge is -2.36. The standard InChI is InChI=1S/C19H16F2N4O4/c20-19(21)29-17-4-2-1-3-15(17)18(26)24-9-7-23(8-10-24)16-6-5-14(25(27)28)11-13(16)12-22/h1-6,11,19H,7-10H2. The summed E-state index contributed by atoms with van der Waals surface area (Å²) in [4.78, 5) is 26.4. The second kappa shape index (κ2) is 8.52. The first-order chi connectivity index (χ1) is 13.9. The van der Waals surface area contributed by atoms with Crippen molar-refractivity contribution in [3.63, 3.8) is 0 Å². The van der Waals surface area contributed by atoms with Gasteiger partial charge in [-0.05, 0) is 18.2 Å². The maximum Gasteiger partial charge on any atom is 0.387 e. The molecule has 8 nitrogen and oxygen atoms in total. The first-order valence-corrected chi connectivity index (χ1v) is 8.67. The monoisotopic (exact) mass is 402 g/mol. The highest BCUT2D eigenvalue weighted by atomic mass is 19.3. The normalized spacial score (nSPS) is 13.9. The molecule has 2 aromatic rings. The van der Waals surface area contributed by atoms with Crippen LogP contribution in [0.4, 0.5) is 20.2 Å². The molecule has 150 valence electrons. The molecule has 1 amide bonds. The van der Waals surface area contributed by atoms with Crippen LogP contribution in [0.15, 0.2) is 42.5 Å². The van der Waals surface area contributed by atoms with Gasteiger partial charge in [-0.3, -0.25) is 14.9 Å². The number of nitro groups is 1. The van der Waals surface area contributed by atoms with Crippen LogP contribution in [0.5, 0.6) is 5.75 Å². The number of piperazine rings is 1. The fraction of sp³-hybridized carbons (Fsp3) is 0.263. The van der Waals surface area contributed by atoms with Crippen LogP contribution in [0.2, 0.25) is 0 Å². The zero-order valence-electron chi connectivity index (χ0n) is 15.1. The Morgan fingerprint density at radius 2 is 1.86 bits per heavy atom. The predicted molar refractivity (Wildman–Crippen MR) is 99.0 cm³/mol. The van der Waals surface area contributed by atoms with Crippen LogP contribution in [-0.2, 0) is 0 Å². The van der Waals surface area contributed by atoms with Crippen LogP contribution >= 0.6 is 0 Å². The summed E-state index contributed by atoms with van der Waals surface area (Å²) in [5.74, 6) is -0.609. The first-order valence-electron chi connectivity index (χ1n) is 8.67. The van der Waals surface area contributed by atoms with Gasteiger partial charge >= 0.3 is 6.61 Å². The Labute approximate surface area is 164 Å². The Bertz CT molecular complexity index is 969. The van der Waals surface area contributed by atoms with E-state index in [1.54, 1.807) is 6.07 Å². The minimum absolute atomic E-state index is 0.0503. The number of hydrogen-bond acceptors (Lipinski definition) is 6. The summed E-state index contributed by atoms with van der Waals surface area (Å²) < 4.78 is 29.6. The van der Waals surface area contributed by atoms with Crippen LogP contribution in [0, 0.1) is 21.4 Å². The lowest BCUT2D eigenvalue weighted by molar-refractivity contribution is -0.384. The van der Waals surface area contributed by atoms with Gasteiger partial charge in [0, 0.05) is 38.3 Å². The van der Waals surface area contributed by atoms with E-state index in [1.807, 2.05) is 11.0 Å². The number of anilines is 1. The van der Waals surface area contributed by atoms with E-state index in [9.17, 15) is 29.0 Å². The highest BCUT2D eigenvalue weighted by Crippen LogP contribution is 2.27. The van der Waals surface area contributed by atoms with Gasteiger partial charge in [-0.2, -0.15) is 14.0 Å². The maximum atomic E-state index is 12.7. The summed E-state index contributed by atoms with van der Waals surface area (Å²) in [5.41, 5.74) is 0.602. The van der Waals surface area contributed by atoms with Gasteiger partial charge in [0.25, 0.3) is 11.6 Å². The molecule has 1 aliphatic heterocycles. The van der Waals surface area contributed by atoms with Crippen LogP contribution in [0.1, 0.15) is 15.9 Å². The van der Waals surface area contributed by atoms with Crippen molar-refractivity contribution in [2.45, 2.75) is 6.61 Å². The average molecular weight is 402 g/mol. The molecule has 0 bridgehead atoms. The highest BCUT2D eigenvalue weighted by molar-refractivity contribution is 5.97. The zero-order chi connectivity index (χ0) is 21.0. The number of nitrogens with zero attached hydrogens (tertiary/aromatic N) is 4. The highest BCUT2D eigenvalue weighted by Gasteiger charge is 2.26. The minimum Gasteiger partial charge on any atom is -0.434 e. The van der Waals surface area contributed by atoms with Gasteiger partial charge in [-0.1, -0.05) is 12.1 Å². The number of benzene rings is 2. The molecular formula is C19H16F2N4O4. The quantitative estimate of drug-likeness (QED) is 0.563. The largest absolute Gasteiger partial charge is 0.434 e. The molecule has 1 fully saturated rings. The van der Waals surface area contributed by atoms with Crippen molar-refractivity contribution in [1.82, 2.24) is 4.90 Å². The van der Waals surface area contributed by atoms with E-state index in [4.69, 9.17) is 0 Å². The summed E-state index contributed by atoms with van der Waals surface area (Å²) in [7, 11) is 0. The predicted octanol–water partition coefficient (Wildman–Crippen LogP) is 3.03. The molecule has 0 radical (unpaired) electrons. The summed E-state index contributed by atoms with van der Waals surface area (Å²) in [6, 6.07) is 11.8. The Morgan fingerprint density at radius 1 is 1.17 bits per heavy atom. The van der Waals surface area contributed by atoms with Gasteiger partial charge in [-0.25, -0.2) is 0 Å². The molecule has 3 rings (SSSR count). The molecule has 0 spiro atoms. The number of alkyl halides is 2. The van der Waals surface area contributed by atoms with E-state index in [-0.39, 0.29) is 22.6 Å². The van der Waals surface area contributed by atoms with Crippen molar-refractivity contribution in [3.8, 4) is 11.8 Å². The van der Waals surface area contributed by atoms with Gasteiger partial charge < -0.3 is 14.5 Å². The summed E-state index contributed by atoms with van der Waals surface area (Å²) in [6.07, 6.45) is 0. The van der Waals surface area contributed by atoms with Crippen LogP contribution in [-0.4, -0.2) is 48.5 Å². The number of nitro benzene ring substituents is 1. The van der Waals surface area contributed by atoms with Crippen molar-refractivity contribution in [2.24, 2.45) is 0 Å². The second-order valence-electron chi connectivity index (χ2n) is 6.22. The molecule has 0 aliphatic carbocycles. The summed E-state index contributed by atoms with van der Waals surface area (Å²) in [6.45, 7) is -1.67. The third-order valence-corrected chi connectivity index (χ3v) is 4.55. The van der Waals surface area contributed by atoms with Crippen molar-refractivity contribution in [1.29, 1.82) is 5.26 Å². The number of carbonyl (C=O) groups is 1. The van der Waals surface area contributed by atoms with E-state index in [1.165, 1.54) is 41.3 Å². The smallest absolute Gasteiger partial charge is 0.387 e. The Balaban J connectivity index is 1.72. The van der Waals surface area contributed by atoms with Gasteiger partial charge in [0.2, 0.25) is 0 Å². The number of non-ortho nitro benzene ring substituents is 1. The maximum absolute atomic E-state index is 12.7. The van der Waals surface area contributed by atoms with Crippen molar-refractivity contribution in [3.05, 3.63) is 63.7 Å². The SMILES string of the molecule is N#Cc1cc([N+](=O)[O-])ccc1N1CCN(C(=O)c2ccccc2OC(F)F)CC1. The van der Waals surface area contributed by atoms with Gasteiger partial charge in [0.05, 0.1) is 21.7 Å². The fourth-order valence-electron chi connectivity index (χ4n) is 3.17. The van der Waals surface area contributed by atoms with E-state index in [2.05, 4.69) is 4.74 Å². The first kappa shape index (κ1) is 20.0. The third-order valence-electron chi connectivity index (χ3n) is 4.55. The topological polar surface area (TPSA) is 99.7 Å². The number of nitriles is 1. The summed E-state index contributed by atoms with van der Waals surface area (Å²) in [5, 5.41) is 20.2. The van der Waals surface area contributed by atoms with E-state index >= 15 is 0 Å². The number of carbonyl (C=O) groups excluding carboxylic acids is 1. The average Bonchev–Trinajstić information content (AvgIpc) is 2.73. The Kier molecular flexibility index (Phi) is 5.87. The summed E-state index contributed by atoms with van der Waals surface area (Å²) >= 11 is 0. The number of para-hydroxylation sites is 1. The van der Waals surface area contributed by atoms with E-state index < -0.39 is 17.4 Å². The van der Waals surface area contributed by atoms with Crippen molar-refractivity contribution in [2.75, 3.05) is 31.1 Å². The molecule has 1 aliphatic rings. The molecule has 0 saturated carbocycles. The molecule has 29 heavy (non-hydrogen) atoms. The second-order valence-corrected chi connectivity index (χ2v) is 6.22. The van der Waals surface area contributed by atoms with Crippen molar-refractivity contribution >= 4 is 17.3 Å². The lowest BCUT2D eigenvalue weighted by atomic mass is 10.1. The van der Waals surface area contributed by atoms with Gasteiger partial charge in [0.15, 0.2) is 0 Å². The fourth-order valence-corrected chi connectivity index (χ4v) is 3.17. The molecule has 1 heterocycles. The number of rotatable bonds is 5. The molecule has 10 heteroatoms. The molecule has 0 unspecified atom stereocenters. The molecule has 0 aromatic heterocycles. The van der Waals surface area contributed by atoms with Crippen molar-refractivity contribution < 1.29 is 23.2 Å². The number of ether oxygens (including phenoxy) is 1. The van der Waals surface area contributed by atoms with Gasteiger partial charge in [-0.15, -0.1) is 0 Å². The molecular weight excluding hydrogens is 386 g/mol. The Morgan fingerprint density at radius 3 is 2.48 bits per heavy atom. The zero-order valence-corrected chi connectivity index (χ0v) is 15.1. The minimum atomic E-state index is -3.03. The number of amides is 1. The Hall–Kier alpha value is -3.74.